The molecule has 0 aliphatic carbocycles. The third-order valence-corrected chi connectivity index (χ3v) is 3.57. The minimum absolute atomic E-state index is 0.0932. The van der Waals surface area contributed by atoms with Crippen LogP contribution >= 0.6 is 0 Å². The second-order valence-corrected chi connectivity index (χ2v) is 4.73. The summed E-state index contributed by atoms with van der Waals surface area (Å²) in [4.78, 5) is 22.3. The van der Waals surface area contributed by atoms with Gasteiger partial charge in [-0.05, 0) is 18.2 Å². The molecule has 102 valence electrons. The SMILES string of the molecule is CO/N=C1\c2ccccc2-n2c1nc1ccccc1c2=O. The fourth-order valence-corrected chi connectivity index (χ4v) is 2.69. The Morgan fingerprint density at radius 3 is 2.71 bits per heavy atom. The molecule has 1 aliphatic rings. The van der Waals surface area contributed by atoms with Crippen molar-refractivity contribution in [3.05, 3.63) is 70.3 Å². The summed E-state index contributed by atoms with van der Waals surface area (Å²) in [7, 11) is 1.48. The van der Waals surface area contributed by atoms with Gasteiger partial charge in [-0.25, -0.2) is 4.98 Å². The minimum atomic E-state index is -0.0932. The fraction of sp³-hybridized carbons (Fsp3) is 0.0625. The molecule has 0 bridgehead atoms. The van der Waals surface area contributed by atoms with E-state index >= 15 is 0 Å². The molecule has 0 amide bonds. The maximum Gasteiger partial charge on any atom is 0.266 e. The highest BCUT2D eigenvalue weighted by molar-refractivity contribution is 6.16. The quantitative estimate of drug-likeness (QED) is 0.501. The number of aromatic nitrogens is 2. The van der Waals surface area contributed by atoms with Gasteiger partial charge in [0.1, 0.15) is 7.11 Å². The maximum atomic E-state index is 12.8. The minimum Gasteiger partial charge on any atom is -0.399 e. The van der Waals surface area contributed by atoms with Crippen LogP contribution in [0.4, 0.5) is 0 Å². The topological polar surface area (TPSA) is 56.5 Å². The van der Waals surface area contributed by atoms with E-state index in [2.05, 4.69) is 10.1 Å². The molecule has 0 radical (unpaired) electrons. The number of nitrogens with zero attached hydrogens (tertiary/aromatic N) is 3. The van der Waals surface area contributed by atoms with Gasteiger partial charge in [0.15, 0.2) is 11.5 Å². The molecule has 2 heterocycles. The molecule has 21 heavy (non-hydrogen) atoms. The van der Waals surface area contributed by atoms with Crippen LogP contribution in [0.15, 0.2) is 58.5 Å². The Balaban J connectivity index is 2.20. The summed E-state index contributed by atoms with van der Waals surface area (Å²) in [5, 5.41) is 4.64. The molecule has 5 nitrogen and oxygen atoms in total. The highest BCUT2D eigenvalue weighted by Crippen LogP contribution is 2.26. The summed E-state index contributed by atoms with van der Waals surface area (Å²) in [6, 6.07) is 14.9. The van der Waals surface area contributed by atoms with Crippen molar-refractivity contribution in [3.63, 3.8) is 0 Å². The Hall–Kier alpha value is -2.95. The van der Waals surface area contributed by atoms with E-state index in [4.69, 9.17) is 4.84 Å². The molecule has 0 saturated carbocycles. The van der Waals surface area contributed by atoms with Gasteiger partial charge >= 0.3 is 0 Å². The van der Waals surface area contributed by atoms with Gasteiger partial charge in [-0.3, -0.25) is 9.36 Å². The van der Waals surface area contributed by atoms with Crippen molar-refractivity contribution in [2.24, 2.45) is 5.16 Å². The Kier molecular flexibility index (Phi) is 2.41. The van der Waals surface area contributed by atoms with Crippen LogP contribution in [0.2, 0.25) is 0 Å². The van der Waals surface area contributed by atoms with Gasteiger partial charge in [0.2, 0.25) is 0 Å². The highest BCUT2D eigenvalue weighted by Gasteiger charge is 2.28. The smallest absolute Gasteiger partial charge is 0.266 e. The lowest BCUT2D eigenvalue weighted by atomic mass is 10.1. The first-order valence-corrected chi connectivity index (χ1v) is 6.54. The summed E-state index contributed by atoms with van der Waals surface area (Å²) in [6.45, 7) is 0. The van der Waals surface area contributed by atoms with E-state index < -0.39 is 0 Å². The van der Waals surface area contributed by atoms with E-state index in [1.165, 1.54) is 7.11 Å². The summed E-state index contributed by atoms with van der Waals surface area (Å²) in [5.41, 5.74) is 2.77. The molecule has 3 aromatic rings. The summed E-state index contributed by atoms with van der Waals surface area (Å²) in [5.74, 6) is 0.516. The predicted octanol–water partition coefficient (Wildman–Crippen LogP) is 2.10. The number of oxime groups is 1. The number of hydrogen-bond donors (Lipinski definition) is 0. The Bertz CT molecular complexity index is 957. The van der Waals surface area contributed by atoms with Crippen molar-refractivity contribution in [3.8, 4) is 5.69 Å². The number of fused-ring (bicyclic) bond motifs is 4. The second kappa shape index (κ2) is 4.28. The van der Waals surface area contributed by atoms with Crippen molar-refractivity contribution in [1.82, 2.24) is 9.55 Å². The first-order chi connectivity index (χ1) is 10.3. The largest absolute Gasteiger partial charge is 0.399 e. The van der Waals surface area contributed by atoms with Crippen LogP contribution in [-0.4, -0.2) is 22.4 Å². The molecular weight excluding hydrogens is 266 g/mol. The number of benzene rings is 2. The van der Waals surface area contributed by atoms with Crippen LogP contribution in [0.25, 0.3) is 16.6 Å². The van der Waals surface area contributed by atoms with Crippen molar-refractivity contribution in [2.45, 2.75) is 0 Å². The second-order valence-electron chi connectivity index (χ2n) is 4.73. The summed E-state index contributed by atoms with van der Waals surface area (Å²) < 4.78 is 1.59. The van der Waals surface area contributed by atoms with Crippen molar-refractivity contribution < 1.29 is 4.84 Å². The van der Waals surface area contributed by atoms with Gasteiger partial charge in [-0.2, -0.15) is 0 Å². The molecular formula is C16H11N3O2. The standard InChI is InChI=1S/C16H11N3O2/c1-21-18-14-11-7-3-5-9-13(11)19-15(14)17-12-8-4-2-6-10(12)16(19)20/h2-9H,1H3/b18-14+. The van der Waals surface area contributed by atoms with Crippen molar-refractivity contribution in [2.75, 3.05) is 7.11 Å². The molecule has 0 N–H and O–H groups in total. The number of para-hydroxylation sites is 2. The lowest BCUT2D eigenvalue weighted by Gasteiger charge is -2.05. The van der Waals surface area contributed by atoms with Gasteiger partial charge < -0.3 is 4.84 Å². The monoisotopic (exact) mass is 277 g/mol. The van der Waals surface area contributed by atoms with E-state index in [1.54, 1.807) is 10.6 Å². The van der Waals surface area contributed by atoms with Gasteiger partial charge in [0.05, 0.1) is 16.6 Å². The predicted molar refractivity (Wildman–Crippen MR) is 80.0 cm³/mol. The van der Waals surface area contributed by atoms with Crippen LogP contribution in [0.5, 0.6) is 0 Å². The molecule has 0 spiro atoms. The molecule has 0 fully saturated rings. The van der Waals surface area contributed by atoms with Crippen LogP contribution in [0, 0.1) is 0 Å². The zero-order valence-corrected chi connectivity index (χ0v) is 11.3. The van der Waals surface area contributed by atoms with E-state index in [9.17, 15) is 4.79 Å². The fourth-order valence-electron chi connectivity index (χ4n) is 2.69. The van der Waals surface area contributed by atoms with Crippen LogP contribution in [0.3, 0.4) is 0 Å². The molecule has 0 unspecified atom stereocenters. The van der Waals surface area contributed by atoms with E-state index in [0.717, 1.165) is 11.3 Å². The first-order valence-electron chi connectivity index (χ1n) is 6.54. The highest BCUT2D eigenvalue weighted by atomic mass is 16.6. The molecule has 1 aliphatic heterocycles. The van der Waals surface area contributed by atoms with E-state index in [1.807, 2.05) is 42.5 Å². The van der Waals surface area contributed by atoms with Gasteiger partial charge in [0, 0.05) is 5.56 Å². The van der Waals surface area contributed by atoms with Crippen molar-refractivity contribution >= 4 is 16.6 Å². The Morgan fingerprint density at radius 1 is 1.10 bits per heavy atom. The number of rotatable bonds is 1. The summed E-state index contributed by atoms with van der Waals surface area (Å²) in [6.07, 6.45) is 0. The van der Waals surface area contributed by atoms with E-state index in [0.29, 0.717) is 22.4 Å². The van der Waals surface area contributed by atoms with Gasteiger partial charge in [-0.15, -0.1) is 0 Å². The molecule has 0 saturated heterocycles. The normalized spacial score (nSPS) is 14.2. The average Bonchev–Trinajstić information content (AvgIpc) is 2.83. The average molecular weight is 277 g/mol. The zero-order valence-electron chi connectivity index (χ0n) is 11.3. The van der Waals surface area contributed by atoms with Crippen LogP contribution < -0.4 is 5.56 Å². The molecule has 2 aromatic carbocycles. The van der Waals surface area contributed by atoms with Crippen LogP contribution in [0.1, 0.15) is 11.4 Å². The third-order valence-electron chi connectivity index (χ3n) is 3.57. The molecule has 1 aromatic heterocycles. The molecule has 4 rings (SSSR count). The molecule has 5 heteroatoms. The van der Waals surface area contributed by atoms with Crippen molar-refractivity contribution in [1.29, 1.82) is 0 Å². The Labute approximate surface area is 120 Å². The lowest BCUT2D eigenvalue weighted by Crippen LogP contribution is -2.21. The lowest BCUT2D eigenvalue weighted by molar-refractivity contribution is 0.214. The van der Waals surface area contributed by atoms with Gasteiger partial charge in [-0.1, -0.05) is 35.5 Å². The summed E-state index contributed by atoms with van der Waals surface area (Å²) >= 11 is 0. The first kappa shape index (κ1) is 11.8. The third kappa shape index (κ3) is 1.54. The van der Waals surface area contributed by atoms with Crippen LogP contribution in [-0.2, 0) is 4.84 Å². The zero-order chi connectivity index (χ0) is 14.4. The maximum absolute atomic E-state index is 12.8. The Morgan fingerprint density at radius 2 is 1.86 bits per heavy atom. The number of hydrogen-bond acceptors (Lipinski definition) is 4. The van der Waals surface area contributed by atoms with Gasteiger partial charge in [0.25, 0.3) is 5.56 Å². The van der Waals surface area contributed by atoms with E-state index in [-0.39, 0.29) is 5.56 Å². The molecule has 0 atom stereocenters.